The Bertz CT molecular complexity index is 1350. The third kappa shape index (κ3) is 3.60. The van der Waals surface area contributed by atoms with Gasteiger partial charge in [0.15, 0.2) is 0 Å². The minimum absolute atomic E-state index is 0.0498. The number of nitrogens with zero attached hydrogens (tertiary/aromatic N) is 3. The number of fused-ring (bicyclic) bond motifs is 1. The molecule has 1 aliphatic heterocycles. The summed E-state index contributed by atoms with van der Waals surface area (Å²) in [4.78, 5) is 19.5. The molecule has 2 aromatic heterocycles. The van der Waals surface area contributed by atoms with Crippen LogP contribution in [0.5, 0.6) is 11.5 Å². The van der Waals surface area contributed by atoms with Crippen molar-refractivity contribution in [2.75, 3.05) is 7.11 Å². The molecule has 166 valence electrons. The van der Waals surface area contributed by atoms with Crippen LogP contribution in [-0.2, 0) is 6.54 Å². The van der Waals surface area contributed by atoms with Crippen LogP contribution in [0.2, 0.25) is 5.02 Å². The van der Waals surface area contributed by atoms with Crippen LogP contribution < -0.4 is 4.74 Å². The Labute approximate surface area is 195 Å². The number of pyridine rings is 1. The maximum Gasteiger partial charge on any atom is 0.273 e. The highest BCUT2D eigenvalue weighted by Crippen LogP contribution is 2.46. The molecule has 0 saturated carbocycles. The molecule has 2 aromatic carbocycles. The Balaban J connectivity index is 1.69. The van der Waals surface area contributed by atoms with Crippen molar-refractivity contribution in [3.8, 4) is 22.8 Å². The van der Waals surface area contributed by atoms with E-state index in [4.69, 9.17) is 16.3 Å². The van der Waals surface area contributed by atoms with Crippen molar-refractivity contribution < 1.29 is 14.6 Å². The van der Waals surface area contributed by atoms with Gasteiger partial charge in [-0.25, -0.2) is 0 Å². The van der Waals surface area contributed by atoms with Crippen molar-refractivity contribution in [1.82, 2.24) is 20.1 Å². The number of phenols is 1. The summed E-state index contributed by atoms with van der Waals surface area (Å²) in [5.41, 5.74) is 4.55. The summed E-state index contributed by atoms with van der Waals surface area (Å²) >= 11 is 6.36. The molecule has 3 heterocycles. The zero-order valence-electron chi connectivity index (χ0n) is 18.0. The molecule has 0 unspecified atom stereocenters. The molecule has 1 amide bonds. The number of hydrogen-bond acceptors (Lipinski definition) is 5. The number of halogens is 1. The lowest BCUT2D eigenvalue weighted by molar-refractivity contribution is 0.0729. The third-order valence-corrected chi connectivity index (χ3v) is 6.29. The van der Waals surface area contributed by atoms with Gasteiger partial charge >= 0.3 is 0 Å². The zero-order chi connectivity index (χ0) is 23.1. The second-order valence-electron chi connectivity index (χ2n) is 7.95. The summed E-state index contributed by atoms with van der Waals surface area (Å²) < 4.78 is 5.43. The first-order valence-corrected chi connectivity index (χ1v) is 10.8. The molecule has 2 N–H and O–H groups in total. The Hall–Kier alpha value is -3.84. The molecule has 4 aromatic rings. The molecule has 0 aliphatic carbocycles. The van der Waals surface area contributed by atoms with E-state index in [1.165, 1.54) is 0 Å². The number of carbonyl (C=O) groups is 1. The van der Waals surface area contributed by atoms with Crippen molar-refractivity contribution in [3.05, 3.63) is 93.9 Å². The minimum atomic E-state index is -0.448. The van der Waals surface area contributed by atoms with Crippen LogP contribution in [0.4, 0.5) is 0 Å². The minimum Gasteiger partial charge on any atom is -0.507 e. The van der Waals surface area contributed by atoms with Crippen LogP contribution in [0, 0.1) is 6.92 Å². The smallest absolute Gasteiger partial charge is 0.273 e. The first kappa shape index (κ1) is 21.0. The predicted molar refractivity (Wildman–Crippen MR) is 124 cm³/mol. The maximum atomic E-state index is 13.5. The Morgan fingerprint density at radius 1 is 1.21 bits per heavy atom. The molecular formula is C25H21ClN4O3. The number of methoxy groups -OCH3 is 1. The van der Waals surface area contributed by atoms with E-state index in [1.54, 1.807) is 36.5 Å². The summed E-state index contributed by atoms with van der Waals surface area (Å²) in [6, 6.07) is 14.2. The number of rotatable bonds is 5. The number of benzene rings is 2. The maximum absolute atomic E-state index is 13.5. The fourth-order valence-electron chi connectivity index (χ4n) is 4.27. The second-order valence-corrected chi connectivity index (χ2v) is 8.36. The standard InChI is InChI=1S/C25H21ClN4O3/c1-14-9-20(31)18(11-19(14)26)22-21-23(29-28-22)25(32)30(13-15-5-4-8-27-12-15)24(21)16-6-3-7-17(10-16)33-2/h3-12,24,31H,13H2,1-2H3,(H,28,29)/t24-/m1/s1. The van der Waals surface area contributed by atoms with E-state index in [2.05, 4.69) is 15.2 Å². The predicted octanol–water partition coefficient (Wildman–Crippen LogP) is 4.89. The van der Waals surface area contributed by atoms with Gasteiger partial charge in [-0.15, -0.1) is 0 Å². The molecule has 8 heteroatoms. The van der Waals surface area contributed by atoms with Gasteiger partial charge in [0.1, 0.15) is 22.9 Å². The molecule has 5 rings (SSSR count). The average molecular weight is 461 g/mol. The monoisotopic (exact) mass is 460 g/mol. The van der Waals surface area contributed by atoms with Crippen LogP contribution in [0.3, 0.4) is 0 Å². The van der Waals surface area contributed by atoms with Gasteiger partial charge in [0.25, 0.3) is 5.91 Å². The number of ether oxygens (including phenoxy) is 1. The third-order valence-electron chi connectivity index (χ3n) is 5.88. The number of aryl methyl sites for hydroxylation is 1. The number of carbonyl (C=O) groups excluding carboxylic acids is 1. The van der Waals surface area contributed by atoms with Gasteiger partial charge in [-0.1, -0.05) is 29.8 Å². The number of nitrogens with one attached hydrogen (secondary N) is 1. The summed E-state index contributed by atoms with van der Waals surface area (Å²) in [5, 5.41) is 18.5. The molecule has 0 spiro atoms. The highest BCUT2D eigenvalue weighted by molar-refractivity contribution is 6.31. The van der Waals surface area contributed by atoms with Crippen LogP contribution in [-0.4, -0.2) is 38.2 Å². The fraction of sp³-hybridized carbons (Fsp3) is 0.160. The highest BCUT2D eigenvalue weighted by Gasteiger charge is 2.42. The van der Waals surface area contributed by atoms with Crippen molar-refractivity contribution >= 4 is 17.5 Å². The highest BCUT2D eigenvalue weighted by atomic mass is 35.5. The summed E-state index contributed by atoms with van der Waals surface area (Å²) in [7, 11) is 1.60. The lowest BCUT2D eigenvalue weighted by Gasteiger charge is -2.26. The lowest BCUT2D eigenvalue weighted by Crippen LogP contribution is -2.29. The van der Waals surface area contributed by atoms with Crippen LogP contribution in [0.25, 0.3) is 11.3 Å². The molecule has 0 radical (unpaired) electrons. The van der Waals surface area contributed by atoms with Crippen LogP contribution >= 0.6 is 11.6 Å². The first-order valence-electron chi connectivity index (χ1n) is 10.4. The van der Waals surface area contributed by atoms with E-state index < -0.39 is 6.04 Å². The van der Waals surface area contributed by atoms with Crippen molar-refractivity contribution in [3.63, 3.8) is 0 Å². The largest absolute Gasteiger partial charge is 0.507 e. The average Bonchev–Trinajstić information content (AvgIpc) is 3.36. The van der Waals surface area contributed by atoms with Gasteiger partial charge in [-0.2, -0.15) is 5.10 Å². The fourth-order valence-corrected chi connectivity index (χ4v) is 4.43. The normalized spacial score (nSPS) is 15.1. The van der Waals surface area contributed by atoms with E-state index in [-0.39, 0.29) is 11.7 Å². The molecule has 7 nitrogen and oxygen atoms in total. The SMILES string of the molecule is COc1cccc([C@@H]2c3c(-c4cc(Cl)c(C)cc4O)n[nH]c3C(=O)N2Cc2cccnc2)c1. The van der Waals surface area contributed by atoms with Gasteiger partial charge in [-0.3, -0.25) is 14.9 Å². The van der Waals surface area contributed by atoms with Crippen LogP contribution in [0.1, 0.15) is 38.8 Å². The number of hydrogen-bond donors (Lipinski definition) is 2. The Kier molecular flexibility index (Phi) is 5.26. The number of phenolic OH excluding ortho intramolecular Hbond substituents is 1. The van der Waals surface area contributed by atoms with Gasteiger partial charge in [0.05, 0.1) is 13.2 Å². The number of H-pyrrole nitrogens is 1. The van der Waals surface area contributed by atoms with Gasteiger partial charge in [0, 0.05) is 35.1 Å². The van der Waals surface area contributed by atoms with E-state index >= 15 is 0 Å². The molecule has 33 heavy (non-hydrogen) atoms. The quantitative estimate of drug-likeness (QED) is 0.442. The van der Waals surface area contributed by atoms with Crippen molar-refractivity contribution in [1.29, 1.82) is 0 Å². The molecule has 0 fully saturated rings. The number of aromatic amines is 1. The lowest BCUT2D eigenvalue weighted by atomic mass is 9.95. The molecule has 0 saturated heterocycles. The second kappa shape index (κ2) is 8.26. The number of amides is 1. The Morgan fingerprint density at radius 3 is 2.82 bits per heavy atom. The molecule has 1 aliphatic rings. The summed E-state index contributed by atoms with van der Waals surface area (Å²) in [6.07, 6.45) is 3.44. The van der Waals surface area contributed by atoms with Gasteiger partial charge < -0.3 is 14.7 Å². The van der Waals surface area contributed by atoms with Gasteiger partial charge in [0.2, 0.25) is 0 Å². The van der Waals surface area contributed by atoms with E-state index in [1.807, 2.05) is 43.3 Å². The molecule has 1 atom stereocenters. The van der Waals surface area contributed by atoms with E-state index in [0.29, 0.717) is 39.8 Å². The number of aromatic nitrogens is 3. The molecule has 0 bridgehead atoms. The summed E-state index contributed by atoms with van der Waals surface area (Å²) in [5.74, 6) is 0.549. The number of aromatic hydroxyl groups is 1. The van der Waals surface area contributed by atoms with E-state index in [0.717, 1.165) is 16.7 Å². The van der Waals surface area contributed by atoms with Crippen molar-refractivity contribution in [2.45, 2.75) is 19.5 Å². The molecular weight excluding hydrogens is 440 g/mol. The van der Waals surface area contributed by atoms with Crippen LogP contribution in [0.15, 0.2) is 60.9 Å². The van der Waals surface area contributed by atoms with E-state index in [9.17, 15) is 9.90 Å². The topological polar surface area (TPSA) is 91.3 Å². The van der Waals surface area contributed by atoms with Gasteiger partial charge in [-0.05, 0) is 53.9 Å². The van der Waals surface area contributed by atoms with Crippen molar-refractivity contribution in [2.24, 2.45) is 0 Å². The zero-order valence-corrected chi connectivity index (χ0v) is 18.8. The summed E-state index contributed by atoms with van der Waals surface area (Å²) in [6.45, 7) is 2.18. The first-order chi connectivity index (χ1) is 16.0. The Morgan fingerprint density at radius 2 is 2.06 bits per heavy atom.